The second-order valence-electron chi connectivity index (χ2n) is 11.1. The lowest BCUT2D eigenvalue weighted by Crippen LogP contribution is -2.70. The summed E-state index contributed by atoms with van der Waals surface area (Å²) in [5.41, 5.74) is -0.0191. The van der Waals surface area contributed by atoms with Gasteiger partial charge in [-0.25, -0.2) is 9.78 Å². The third-order valence-electron chi connectivity index (χ3n) is 8.57. The lowest BCUT2D eigenvalue weighted by atomic mass is 9.58. The number of benzene rings is 1. The molecule has 2 N–H and O–H groups in total. The first-order valence-corrected chi connectivity index (χ1v) is 13.2. The lowest BCUT2D eigenvalue weighted by molar-refractivity contribution is -0.576. The van der Waals surface area contributed by atoms with E-state index in [4.69, 9.17) is 28.7 Å². The summed E-state index contributed by atoms with van der Waals surface area (Å²) in [6.07, 6.45) is 2.15. The van der Waals surface area contributed by atoms with Gasteiger partial charge in [-0.3, -0.25) is 9.59 Å². The van der Waals surface area contributed by atoms with Crippen LogP contribution in [-0.2, 0) is 44.7 Å². The first-order chi connectivity index (χ1) is 17.6. The number of aromatic hydroxyl groups is 2. The van der Waals surface area contributed by atoms with Gasteiger partial charge in [0.15, 0.2) is 23.4 Å². The van der Waals surface area contributed by atoms with Crippen LogP contribution >= 0.6 is 0 Å². The van der Waals surface area contributed by atoms with Crippen molar-refractivity contribution in [2.75, 3.05) is 6.61 Å². The Labute approximate surface area is 216 Å². The average molecular weight is 521 g/mol. The topological polar surface area (TPSA) is 130 Å². The van der Waals surface area contributed by atoms with E-state index in [0.717, 1.165) is 19.3 Å². The van der Waals surface area contributed by atoms with E-state index in [1.807, 2.05) is 13.8 Å². The van der Waals surface area contributed by atoms with Gasteiger partial charge in [0, 0.05) is 24.7 Å². The normalized spacial score (nSPS) is 38.4. The molecule has 4 heterocycles. The van der Waals surface area contributed by atoms with E-state index in [2.05, 4.69) is 6.92 Å². The summed E-state index contributed by atoms with van der Waals surface area (Å²) in [4.78, 5) is 36.7. The molecule has 1 aromatic rings. The zero-order valence-corrected chi connectivity index (χ0v) is 21.5. The fraction of sp³-hybridized carbons (Fsp3) is 0.704. The summed E-state index contributed by atoms with van der Waals surface area (Å²) in [5.74, 6) is -1.86. The van der Waals surface area contributed by atoms with Gasteiger partial charge in [0.1, 0.15) is 0 Å². The van der Waals surface area contributed by atoms with Crippen molar-refractivity contribution in [3.05, 3.63) is 23.8 Å². The molecular weight excluding hydrogens is 484 g/mol. The van der Waals surface area contributed by atoms with Crippen LogP contribution in [0.15, 0.2) is 18.2 Å². The number of hydrogen-bond donors (Lipinski definition) is 2. The molecule has 1 aromatic carbocycles. The minimum Gasteiger partial charge on any atom is -0.504 e. The molecule has 0 aromatic heterocycles. The average Bonchev–Trinajstić information content (AvgIpc) is 3.09. The number of carbonyl (C=O) groups excluding carboxylic acids is 2. The molecular formula is C27H36O10. The molecule has 8 atom stereocenters. The van der Waals surface area contributed by atoms with Gasteiger partial charge in [0.25, 0.3) is 0 Å². The molecule has 37 heavy (non-hydrogen) atoms. The van der Waals surface area contributed by atoms with Crippen molar-refractivity contribution in [2.45, 2.75) is 89.7 Å². The Bertz CT molecular complexity index is 1030. The first kappa shape index (κ1) is 26.2. The van der Waals surface area contributed by atoms with E-state index in [1.54, 1.807) is 6.07 Å². The molecule has 0 amide bonds. The third kappa shape index (κ3) is 4.92. The molecule has 1 spiro atoms. The van der Waals surface area contributed by atoms with Crippen LogP contribution in [0.5, 0.6) is 11.5 Å². The standard InChI is InChI=1S/C27H36O10/c1-15-4-6-19-16(2)24(34-25-27(19)18(15)10-12-26(3,35-25)36-37-27)33-23(31)9-8-22(30)32-13-11-17-5-7-20(28)21(29)14-17/h5,7,14-16,18-19,24-25,28-29H,4,6,8-13H2,1-3H3/t15-,16-,18+,19+,24-,25-,26+,27-/m1/s1. The summed E-state index contributed by atoms with van der Waals surface area (Å²) in [7, 11) is 0. The maximum Gasteiger partial charge on any atom is 0.308 e. The molecule has 4 saturated heterocycles. The van der Waals surface area contributed by atoms with Crippen LogP contribution in [0.25, 0.3) is 0 Å². The highest BCUT2D eigenvalue weighted by Gasteiger charge is 2.69. The maximum atomic E-state index is 12.6. The molecule has 1 saturated carbocycles. The monoisotopic (exact) mass is 520 g/mol. The Morgan fingerprint density at radius 2 is 1.81 bits per heavy atom. The minimum absolute atomic E-state index is 0.0391. The van der Waals surface area contributed by atoms with Gasteiger partial charge in [-0.1, -0.05) is 19.9 Å². The Morgan fingerprint density at radius 1 is 1.03 bits per heavy atom. The predicted molar refractivity (Wildman–Crippen MR) is 127 cm³/mol. The second kappa shape index (κ2) is 10.1. The van der Waals surface area contributed by atoms with Gasteiger partial charge in [0.2, 0.25) is 12.1 Å². The minimum atomic E-state index is -0.907. The van der Waals surface area contributed by atoms with Crippen molar-refractivity contribution in [1.29, 1.82) is 0 Å². The molecule has 0 radical (unpaired) electrons. The summed E-state index contributed by atoms with van der Waals surface area (Å²) in [5, 5.41) is 18.9. The van der Waals surface area contributed by atoms with E-state index < -0.39 is 35.9 Å². The smallest absolute Gasteiger partial charge is 0.308 e. The van der Waals surface area contributed by atoms with Crippen molar-refractivity contribution < 1.29 is 48.5 Å². The van der Waals surface area contributed by atoms with Gasteiger partial charge >= 0.3 is 11.9 Å². The maximum absolute atomic E-state index is 12.6. The highest BCUT2D eigenvalue weighted by atomic mass is 17.3. The van der Waals surface area contributed by atoms with Crippen LogP contribution in [0.2, 0.25) is 0 Å². The van der Waals surface area contributed by atoms with E-state index in [9.17, 15) is 19.8 Å². The quantitative estimate of drug-likeness (QED) is 0.312. The largest absolute Gasteiger partial charge is 0.504 e. The Kier molecular flexibility index (Phi) is 7.12. The van der Waals surface area contributed by atoms with Crippen LogP contribution in [-0.4, -0.2) is 52.7 Å². The van der Waals surface area contributed by atoms with E-state index >= 15 is 0 Å². The number of carbonyl (C=O) groups is 2. The molecule has 204 valence electrons. The van der Waals surface area contributed by atoms with E-state index in [-0.39, 0.29) is 48.7 Å². The zero-order chi connectivity index (χ0) is 26.4. The fourth-order valence-electron chi connectivity index (χ4n) is 6.48. The van der Waals surface area contributed by atoms with Crippen LogP contribution in [0.4, 0.5) is 0 Å². The van der Waals surface area contributed by atoms with Crippen molar-refractivity contribution in [3.8, 4) is 11.5 Å². The molecule has 5 fully saturated rings. The van der Waals surface area contributed by atoms with Gasteiger partial charge < -0.3 is 29.2 Å². The number of phenols is 2. The summed E-state index contributed by atoms with van der Waals surface area (Å²) in [6, 6.07) is 4.41. The van der Waals surface area contributed by atoms with Crippen LogP contribution < -0.4 is 0 Å². The number of phenolic OH excluding ortho intramolecular Hbond substituents is 2. The summed E-state index contributed by atoms with van der Waals surface area (Å²) < 4.78 is 23.4. The molecule has 6 rings (SSSR count). The Morgan fingerprint density at radius 3 is 2.59 bits per heavy atom. The van der Waals surface area contributed by atoms with Gasteiger partial charge in [-0.05, 0) is 55.7 Å². The highest BCUT2D eigenvalue weighted by molar-refractivity contribution is 5.77. The van der Waals surface area contributed by atoms with Gasteiger partial charge in [-0.2, -0.15) is 0 Å². The molecule has 1 aliphatic carbocycles. The van der Waals surface area contributed by atoms with Crippen molar-refractivity contribution in [2.24, 2.45) is 23.7 Å². The summed E-state index contributed by atoms with van der Waals surface area (Å²) in [6.45, 7) is 6.17. The summed E-state index contributed by atoms with van der Waals surface area (Å²) >= 11 is 0. The van der Waals surface area contributed by atoms with E-state index in [1.165, 1.54) is 12.1 Å². The molecule has 10 nitrogen and oxygen atoms in total. The number of esters is 2. The van der Waals surface area contributed by atoms with Crippen LogP contribution in [0, 0.1) is 23.7 Å². The number of ether oxygens (including phenoxy) is 4. The highest BCUT2D eigenvalue weighted by Crippen LogP contribution is 2.60. The predicted octanol–water partition coefficient (Wildman–Crippen LogP) is 3.71. The van der Waals surface area contributed by atoms with Crippen LogP contribution in [0.3, 0.4) is 0 Å². The third-order valence-corrected chi connectivity index (χ3v) is 8.57. The van der Waals surface area contributed by atoms with Crippen molar-refractivity contribution >= 4 is 11.9 Å². The molecule has 0 unspecified atom stereocenters. The lowest BCUT2D eigenvalue weighted by Gasteiger charge is -2.59. The number of fused-ring (bicyclic) bond motifs is 2. The fourth-order valence-corrected chi connectivity index (χ4v) is 6.48. The Balaban J connectivity index is 1.14. The number of hydrogen-bond acceptors (Lipinski definition) is 10. The van der Waals surface area contributed by atoms with Crippen molar-refractivity contribution in [3.63, 3.8) is 0 Å². The second-order valence-corrected chi connectivity index (χ2v) is 11.1. The Hall–Kier alpha value is -2.40. The van der Waals surface area contributed by atoms with Crippen LogP contribution in [0.1, 0.15) is 64.9 Å². The molecule has 2 bridgehead atoms. The van der Waals surface area contributed by atoms with Crippen molar-refractivity contribution in [1.82, 2.24) is 0 Å². The van der Waals surface area contributed by atoms with E-state index in [0.29, 0.717) is 24.3 Å². The molecule has 5 aliphatic rings. The first-order valence-electron chi connectivity index (χ1n) is 13.2. The number of rotatable bonds is 7. The SMILES string of the molecule is C[C@H]1[C@H](OC(=O)CCC(=O)OCCc2ccc(O)c(O)c2)O[C@@H]2O[C@]3(C)CC[C@H]4[C@H](C)CC[C@@H]1[C@@]24OO3. The van der Waals surface area contributed by atoms with Gasteiger partial charge in [-0.15, -0.1) is 0 Å². The zero-order valence-electron chi connectivity index (χ0n) is 21.5. The molecule has 10 heteroatoms. The molecule has 4 aliphatic heterocycles. The van der Waals surface area contributed by atoms with Gasteiger partial charge in [0.05, 0.1) is 19.4 Å².